The second-order valence-electron chi connectivity index (χ2n) is 11.0. The first-order chi connectivity index (χ1) is 17.7. The number of aliphatic hydroxyl groups excluding tert-OH is 1. The van der Waals surface area contributed by atoms with Crippen LogP contribution < -0.4 is 10.6 Å². The predicted molar refractivity (Wildman–Crippen MR) is 138 cm³/mol. The van der Waals surface area contributed by atoms with E-state index >= 15 is 0 Å². The number of para-hydroxylation sites is 1. The number of carbonyl (C=O) groups is 3. The zero-order chi connectivity index (χ0) is 26.4. The third-order valence-electron chi connectivity index (χ3n) is 8.41. The molecule has 2 unspecified atom stereocenters. The fourth-order valence-corrected chi connectivity index (χ4v) is 6.66. The van der Waals surface area contributed by atoms with Gasteiger partial charge in [0.15, 0.2) is 0 Å². The molecule has 1 spiro atoms. The summed E-state index contributed by atoms with van der Waals surface area (Å²) < 4.78 is 6.64. The topological polar surface area (TPSA) is 108 Å². The first-order valence-electron chi connectivity index (χ1n) is 13.0. The molecule has 196 valence electrons. The Bertz CT molecular complexity index is 1170. The van der Waals surface area contributed by atoms with E-state index in [1.54, 1.807) is 12.1 Å². The van der Waals surface area contributed by atoms with Gasteiger partial charge in [0.1, 0.15) is 11.6 Å². The molecule has 3 aliphatic rings. The molecule has 3 heterocycles. The number of rotatable bonds is 8. The number of hydrogen-bond donors (Lipinski definition) is 3. The minimum absolute atomic E-state index is 0.0991. The van der Waals surface area contributed by atoms with Crippen LogP contribution in [0.15, 0.2) is 60.7 Å². The van der Waals surface area contributed by atoms with E-state index in [9.17, 15) is 19.5 Å². The van der Waals surface area contributed by atoms with Crippen molar-refractivity contribution in [1.29, 1.82) is 0 Å². The van der Waals surface area contributed by atoms with Gasteiger partial charge in [0.05, 0.1) is 30.1 Å². The average molecular weight is 506 g/mol. The molecule has 0 aromatic heterocycles. The molecule has 0 radical (unpaired) electrons. The largest absolute Gasteiger partial charge is 0.394 e. The van der Waals surface area contributed by atoms with Gasteiger partial charge < -0.3 is 25.4 Å². The zero-order valence-corrected chi connectivity index (χ0v) is 21.5. The third kappa shape index (κ3) is 4.12. The van der Waals surface area contributed by atoms with E-state index in [1.165, 1.54) is 4.90 Å². The highest BCUT2D eigenvalue weighted by molar-refractivity contribution is 6.02. The number of likely N-dealkylation sites (tertiary alicyclic amines) is 1. The molecule has 3 saturated heterocycles. The SMILES string of the molecule is CC(C)[C@H](CO)N1C(=O)[C@@H]2[C@@H](C(=O)Nc3ccccc3)[C@@]3(C)CCC2(O3)C1C(=O)NCc1ccccc1. The van der Waals surface area contributed by atoms with Gasteiger partial charge in [0.2, 0.25) is 17.7 Å². The quantitative estimate of drug-likeness (QED) is 0.511. The average Bonchev–Trinajstić information content (AvgIpc) is 3.45. The Kier molecular flexibility index (Phi) is 6.58. The lowest BCUT2D eigenvalue weighted by atomic mass is 9.66. The van der Waals surface area contributed by atoms with Gasteiger partial charge in [-0.15, -0.1) is 0 Å². The minimum atomic E-state index is -1.13. The van der Waals surface area contributed by atoms with Crippen molar-refractivity contribution in [3.8, 4) is 0 Å². The molecule has 0 saturated carbocycles. The number of nitrogens with zero attached hydrogens (tertiary/aromatic N) is 1. The van der Waals surface area contributed by atoms with Crippen LogP contribution in [-0.2, 0) is 25.7 Å². The summed E-state index contributed by atoms with van der Waals surface area (Å²) in [4.78, 5) is 43.2. The summed E-state index contributed by atoms with van der Waals surface area (Å²) in [6, 6.07) is 17.2. The molecule has 3 fully saturated rings. The molecule has 6 atom stereocenters. The number of amides is 3. The van der Waals surface area contributed by atoms with E-state index in [0.29, 0.717) is 25.1 Å². The van der Waals surface area contributed by atoms with Crippen LogP contribution in [0.2, 0.25) is 0 Å². The maximum atomic E-state index is 14.1. The van der Waals surface area contributed by atoms with Gasteiger partial charge in [-0.1, -0.05) is 62.4 Å². The molecule has 8 heteroatoms. The van der Waals surface area contributed by atoms with E-state index < -0.39 is 35.1 Å². The van der Waals surface area contributed by atoms with Crippen LogP contribution in [0.4, 0.5) is 5.69 Å². The summed E-state index contributed by atoms with van der Waals surface area (Å²) in [5.74, 6) is -2.58. The van der Waals surface area contributed by atoms with Crippen molar-refractivity contribution in [1.82, 2.24) is 10.2 Å². The normalized spacial score (nSPS) is 30.9. The minimum Gasteiger partial charge on any atom is -0.394 e. The molecule has 2 aromatic rings. The number of fused-ring (bicyclic) bond motifs is 1. The van der Waals surface area contributed by atoms with E-state index in [0.717, 1.165) is 5.56 Å². The van der Waals surface area contributed by atoms with E-state index in [1.807, 2.05) is 69.3 Å². The van der Waals surface area contributed by atoms with E-state index in [2.05, 4.69) is 10.6 Å². The summed E-state index contributed by atoms with van der Waals surface area (Å²) in [5.41, 5.74) is -0.418. The Morgan fingerprint density at radius 2 is 1.70 bits per heavy atom. The molecule has 5 rings (SSSR count). The van der Waals surface area contributed by atoms with Gasteiger partial charge in [-0.25, -0.2) is 0 Å². The highest BCUT2D eigenvalue weighted by atomic mass is 16.5. The Morgan fingerprint density at radius 3 is 2.32 bits per heavy atom. The van der Waals surface area contributed by atoms with Gasteiger partial charge in [0, 0.05) is 12.2 Å². The molecule has 8 nitrogen and oxygen atoms in total. The summed E-state index contributed by atoms with van der Waals surface area (Å²) in [6.45, 7) is 5.72. The van der Waals surface area contributed by atoms with Crippen molar-refractivity contribution in [2.24, 2.45) is 17.8 Å². The Hall–Kier alpha value is -3.23. The van der Waals surface area contributed by atoms with Crippen LogP contribution in [0, 0.1) is 17.8 Å². The number of ether oxygens (including phenoxy) is 1. The van der Waals surface area contributed by atoms with E-state index in [4.69, 9.17) is 4.74 Å². The second-order valence-corrected chi connectivity index (χ2v) is 11.0. The standard InChI is InChI=1S/C29H35N3O5/c1-18(2)21(17-33)32-24(26(35)30-16-19-10-6-4-7-11-19)29-15-14-28(3,37-29)22(23(29)27(32)36)25(34)31-20-12-8-5-9-13-20/h4-13,18,21-24,33H,14-17H2,1-3H3,(H,30,35)(H,31,34)/t21-,22-,23-,24?,28+,29?/m0/s1. The first-order valence-corrected chi connectivity index (χ1v) is 13.0. The van der Waals surface area contributed by atoms with Gasteiger partial charge >= 0.3 is 0 Å². The highest BCUT2D eigenvalue weighted by Crippen LogP contribution is 2.63. The Balaban J connectivity index is 1.51. The van der Waals surface area contributed by atoms with Crippen molar-refractivity contribution in [3.63, 3.8) is 0 Å². The molecule has 3 aliphatic heterocycles. The molecular formula is C29H35N3O5. The molecule has 2 bridgehead atoms. The predicted octanol–water partition coefficient (Wildman–Crippen LogP) is 2.72. The number of hydrogen-bond acceptors (Lipinski definition) is 5. The van der Waals surface area contributed by atoms with Crippen molar-refractivity contribution < 1.29 is 24.2 Å². The molecule has 0 aliphatic carbocycles. The first kappa shape index (κ1) is 25.4. The van der Waals surface area contributed by atoms with Crippen LogP contribution in [-0.4, -0.2) is 57.6 Å². The molecular weight excluding hydrogens is 470 g/mol. The lowest BCUT2D eigenvalue weighted by Crippen LogP contribution is -2.58. The van der Waals surface area contributed by atoms with Crippen LogP contribution in [0.5, 0.6) is 0 Å². The van der Waals surface area contributed by atoms with E-state index in [-0.39, 0.29) is 30.2 Å². The zero-order valence-electron chi connectivity index (χ0n) is 21.5. The van der Waals surface area contributed by atoms with Gasteiger partial charge in [0.25, 0.3) is 0 Å². The highest BCUT2D eigenvalue weighted by Gasteiger charge is 2.78. The number of benzene rings is 2. The van der Waals surface area contributed by atoms with Crippen LogP contribution in [0.25, 0.3) is 0 Å². The van der Waals surface area contributed by atoms with Crippen LogP contribution >= 0.6 is 0 Å². The number of carbonyl (C=O) groups excluding carboxylic acids is 3. The van der Waals surface area contributed by atoms with Crippen molar-refractivity contribution in [2.75, 3.05) is 11.9 Å². The number of anilines is 1. The summed E-state index contributed by atoms with van der Waals surface area (Å²) in [6.07, 6.45) is 1.05. The second kappa shape index (κ2) is 9.58. The Labute approximate surface area is 217 Å². The summed E-state index contributed by atoms with van der Waals surface area (Å²) >= 11 is 0. The van der Waals surface area contributed by atoms with Gasteiger partial charge in [-0.05, 0) is 43.4 Å². The molecule has 37 heavy (non-hydrogen) atoms. The third-order valence-corrected chi connectivity index (χ3v) is 8.41. The van der Waals surface area contributed by atoms with Crippen molar-refractivity contribution >= 4 is 23.4 Å². The number of nitrogens with one attached hydrogen (secondary N) is 2. The van der Waals surface area contributed by atoms with Crippen LogP contribution in [0.1, 0.15) is 39.2 Å². The summed E-state index contributed by atoms with van der Waals surface area (Å²) in [5, 5.41) is 16.2. The van der Waals surface area contributed by atoms with Crippen LogP contribution in [0.3, 0.4) is 0 Å². The van der Waals surface area contributed by atoms with Crippen molar-refractivity contribution in [3.05, 3.63) is 66.2 Å². The smallest absolute Gasteiger partial charge is 0.246 e. The molecule has 3 N–H and O–H groups in total. The lowest BCUT2D eigenvalue weighted by Gasteiger charge is -2.38. The fraction of sp³-hybridized carbons (Fsp3) is 0.483. The molecule has 2 aromatic carbocycles. The van der Waals surface area contributed by atoms with Gasteiger partial charge in [-0.3, -0.25) is 14.4 Å². The monoisotopic (exact) mass is 505 g/mol. The maximum absolute atomic E-state index is 14.1. The molecule has 3 amide bonds. The maximum Gasteiger partial charge on any atom is 0.246 e. The van der Waals surface area contributed by atoms with Gasteiger partial charge in [-0.2, -0.15) is 0 Å². The number of aliphatic hydroxyl groups is 1. The summed E-state index contributed by atoms with van der Waals surface area (Å²) in [7, 11) is 0. The van der Waals surface area contributed by atoms with Crippen molar-refractivity contribution in [2.45, 2.75) is 63.4 Å². The fourth-order valence-electron chi connectivity index (χ4n) is 6.66. The Morgan fingerprint density at radius 1 is 1.05 bits per heavy atom. The lowest BCUT2D eigenvalue weighted by molar-refractivity contribution is -0.150.